The van der Waals surface area contributed by atoms with E-state index >= 15 is 0 Å². The molecule has 0 atom stereocenters. The van der Waals surface area contributed by atoms with Crippen molar-refractivity contribution >= 4 is 24.1 Å². The first-order valence-electron chi connectivity index (χ1n) is 8.12. The van der Waals surface area contributed by atoms with E-state index in [-0.39, 0.29) is 36.9 Å². The number of carbonyl (C=O) groups is 2. The van der Waals surface area contributed by atoms with Gasteiger partial charge in [-0.3, -0.25) is 9.59 Å². The summed E-state index contributed by atoms with van der Waals surface area (Å²) in [5, 5.41) is 5.93. The highest BCUT2D eigenvalue weighted by Crippen LogP contribution is 2.11. The molecule has 0 bridgehead atoms. The summed E-state index contributed by atoms with van der Waals surface area (Å²) in [7, 11) is 0. The van der Waals surface area contributed by atoms with E-state index in [1.165, 1.54) is 5.56 Å². The Balaban J connectivity index is 0.00000484. The maximum Gasteiger partial charge on any atom is 0.220 e. The van der Waals surface area contributed by atoms with Crippen molar-refractivity contribution in [2.24, 2.45) is 5.92 Å². The van der Waals surface area contributed by atoms with Gasteiger partial charge in [-0.1, -0.05) is 45.0 Å². The number of nitrogens with one attached hydrogen (secondary N) is 2. The van der Waals surface area contributed by atoms with Gasteiger partial charge in [0, 0.05) is 31.5 Å². The van der Waals surface area contributed by atoms with Crippen molar-refractivity contribution in [1.82, 2.24) is 10.6 Å². The molecule has 130 valence electrons. The van der Waals surface area contributed by atoms with Gasteiger partial charge in [-0.25, -0.2) is 0 Å². The molecule has 0 aliphatic rings. The van der Waals surface area contributed by atoms with Crippen LogP contribution in [0.5, 0.6) is 0 Å². The van der Waals surface area contributed by atoms with Crippen molar-refractivity contribution in [3.8, 4) is 0 Å². The van der Waals surface area contributed by atoms with E-state index < -0.39 is 0 Å². The van der Waals surface area contributed by atoms with E-state index in [1.54, 1.807) is 0 Å². The zero-order valence-corrected chi connectivity index (χ0v) is 15.2. The quantitative estimate of drug-likeness (QED) is 0.508. The lowest BCUT2D eigenvalue weighted by Gasteiger charge is -2.07. The van der Waals surface area contributed by atoms with Gasteiger partial charge in [0.2, 0.25) is 5.91 Å². The van der Waals surface area contributed by atoms with Crippen LogP contribution in [0.4, 0.5) is 0 Å². The molecule has 1 aromatic rings. The molecule has 0 aromatic heterocycles. The van der Waals surface area contributed by atoms with Crippen LogP contribution >= 0.6 is 12.4 Å². The Morgan fingerprint density at radius 2 is 1.70 bits per heavy atom. The topological polar surface area (TPSA) is 58.2 Å². The van der Waals surface area contributed by atoms with Gasteiger partial charge in [-0.15, -0.1) is 12.4 Å². The minimum atomic E-state index is -0.0670. The highest BCUT2D eigenvalue weighted by molar-refractivity contribution is 5.97. The van der Waals surface area contributed by atoms with E-state index in [1.807, 2.05) is 31.2 Å². The molecule has 5 heteroatoms. The van der Waals surface area contributed by atoms with Crippen LogP contribution in [-0.2, 0) is 11.2 Å². The molecule has 0 unspecified atom stereocenters. The van der Waals surface area contributed by atoms with Crippen molar-refractivity contribution in [2.45, 2.75) is 40.0 Å². The molecule has 0 aliphatic carbocycles. The molecule has 4 nitrogen and oxygen atoms in total. The fourth-order valence-corrected chi connectivity index (χ4v) is 2.22. The molecule has 1 aromatic carbocycles. The molecule has 1 amide bonds. The number of likely N-dealkylation sites (N-methyl/N-ethyl adjacent to an activating group) is 1. The number of hydrogen-bond acceptors (Lipinski definition) is 3. The standard InChI is InChI=1S/C18H28N2O2.ClH/c1-4-19-11-12-20-18(22)10-9-17(21)16-7-5-15(6-8-16)13-14(2)3;/h5-8,14,19H,4,9-13H2,1-3H3,(H,20,22);1H. The Bertz CT molecular complexity index is 472. The molecule has 0 aliphatic heterocycles. The van der Waals surface area contributed by atoms with Crippen molar-refractivity contribution < 1.29 is 9.59 Å². The van der Waals surface area contributed by atoms with Crippen molar-refractivity contribution in [3.05, 3.63) is 35.4 Å². The lowest BCUT2D eigenvalue weighted by Crippen LogP contribution is -2.31. The average Bonchev–Trinajstić information content (AvgIpc) is 2.49. The molecule has 0 radical (unpaired) electrons. The third kappa shape index (κ3) is 9.36. The Morgan fingerprint density at radius 1 is 1.04 bits per heavy atom. The number of benzene rings is 1. The van der Waals surface area contributed by atoms with Crippen LogP contribution in [0.3, 0.4) is 0 Å². The molecule has 0 heterocycles. The number of hydrogen-bond donors (Lipinski definition) is 2. The molecule has 1 rings (SSSR count). The van der Waals surface area contributed by atoms with E-state index in [4.69, 9.17) is 0 Å². The van der Waals surface area contributed by atoms with Crippen molar-refractivity contribution in [2.75, 3.05) is 19.6 Å². The maximum atomic E-state index is 12.1. The summed E-state index contributed by atoms with van der Waals surface area (Å²) < 4.78 is 0. The largest absolute Gasteiger partial charge is 0.355 e. The second kappa shape index (κ2) is 12.1. The number of amides is 1. The minimum Gasteiger partial charge on any atom is -0.355 e. The number of carbonyl (C=O) groups excluding carboxylic acids is 2. The number of rotatable bonds is 10. The van der Waals surface area contributed by atoms with Crippen LogP contribution in [-0.4, -0.2) is 31.3 Å². The van der Waals surface area contributed by atoms with Gasteiger partial charge in [0.15, 0.2) is 5.78 Å². The molecular formula is C18H29ClN2O2. The lowest BCUT2D eigenvalue weighted by atomic mass is 9.99. The number of ketones is 1. The molecular weight excluding hydrogens is 312 g/mol. The van der Waals surface area contributed by atoms with Crippen molar-refractivity contribution in [3.63, 3.8) is 0 Å². The van der Waals surface area contributed by atoms with E-state index in [0.717, 1.165) is 19.5 Å². The van der Waals surface area contributed by atoms with Gasteiger partial charge >= 0.3 is 0 Å². The van der Waals surface area contributed by atoms with Gasteiger partial charge in [-0.2, -0.15) is 0 Å². The first kappa shape index (κ1) is 21.6. The van der Waals surface area contributed by atoms with Gasteiger partial charge in [-0.05, 0) is 24.4 Å². The average molecular weight is 341 g/mol. The third-order valence-corrected chi connectivity index (χ3v) is 3.37. The molecule has 2 N–H and O–H groups in total. The van der Waals surface area contributed by atoms with Crippen LogP contribution in [0.15, 0.2) is 24.3 Å². The minimum absolute atomic E-state index is 0. The SMILES string of the molecule is CCNCCNC(=O)CCC(=O)c1ccc(CC(C)C)cc1.Cl. The molecule has 0 saturated carbocycles. The first-order valence-corrected chi connectivity index (χ1v) is 8.12. The van der Waals surface area contributed by atoms with Crippen LogP contribution in [0.25, 0.3) is 0 Å². The summed E-state index contributed by atoms with van der Waals surface area (Å²) in [5.41, 5.74) is 1.93. The second-order valence-electron chi connectivity index (χ2n) is 5.92. The lowest BCUT2D eigenvalue weighted by molar-refractivity contribution is -0.121. The zero-order valence-electron chi connectivity index (χ0n) is 14.4. The summed E-state index contributed by atoms with van der Waals surface area (Å²) in [5.74, 6) is 0.563. The Morgan fingerprint density at radius 3 is 2.26 bits per heavy atom. The third-order valence-electron chi connectivity index (χ3n) is 3.37. The summed E-state index contributed by atoms with van der Waals surface area (Å²) >= 11 is 0. The summed E-state index contributed by atoms with van der Waals surface area (Å²) in [6.45, 7) is 8.62. The molecule has 0 saturated heterocycles. The number of halogens is 1. The van der Waals surface area contributed by atoms with Crippen LogP contribution in [0.2, 0.25) is 0 Å². The van der Waals surface area contributed by atoms with Gasteiger partial charge in [0.25, 0.3) is 0 Å². The fourth-order valence-electron chi connectivity index (χ4n) is 2.22. The van der Waals surface area contributed by atoms with Crippen molar-refractivity contribution in [1.29, 1.82) is 0 Å². The van der Waals surface area contributed by atoms with Crippen LogP contribution < -0.4 is 10.6 Å². The summed E-state index contributed by atoms with van der Waals surface area (Å²) in [6, 6.07) is 7.74. The zero-order chi connectivity index (χ0) is 16.4. The van der Waals surface area contributed by atoms with Gasteiger partial charge in [0.1, 0.15) is 0 Å². The smallest absolute Gasteiger partial charge is 0.220 e. The normalized spacial score (nSPS) is 10.3. The van der Waals surface area contributed by atoms with Gasteiger partial charge in [0.05, 0.1) is 0 Å². The highest BCUT2D eigenvalue weighted by atomic mass is 35.5. The molecule has 0 fully saturated rings. The maximum absolute atomic E-state index is 12.1. The van der Waals surface area contributed by atoms with E-state index in [0.29, 0.717) is 18.0 Å². The Hall–Kier alpha value is -1.39. The summed E-state index contributed by atoms with van der Waals surface area (Å²) in [6.07, 6.45) is 1.53. The Kier molecular flexibility index (Phi) is 11.4. The van der Waals surface area contributed by atoms with Crippen LogP contribution in [0, 0.1) is 5.92 Å². The first-order chi connectivity index (χ1) is 10.5. The monoisotopic (exact) mass is 340 g/mol. The second-order valence-corrected chi connectivity index (χ2v) is 5.92. The van der Waals surface area contributed by atoms with Gasteiger partial charge < -0.3 is 10.6 Å². The van der Waals surface area contributed by atoms with E-state index in [2.05, 4.69) is 24.5 Å². The molecule has 23 heavy (non-hydrogen) atoms. The highest BCUT2D eigenvalue weighted by Gasteiger charge is 2.09. The Labute approximate surface area is 145 Å². The van der Waals surface area contributed by atoms with E-state index in [9.17, 15) is 9.59 Å². The predicted octanol–water partition coefficient (Wildman–Crippen LogP) is 3.00. The fraction of sp³-hybridized carbons (Fsp3) is 0.556. The van der Waals surface area contributed by atoms with Crippen LogP contribution in [0.1, 0.15) is 49.5 Å². The molecule has 0 spiro atoms. The summed E-state index contributed by atoms with van der Waals surface area (Å²) in [4.78, 5) is 23.7. The number of Topliss-reactive ketones (excluding diaryl/α,β-unsaturated/α-hetero) is 1. The predicted molar refractivity (Wildman–Crippen MR) is 97.3 cm³/mol.